The summed E-state index contributed by atoms with van der Waals surface area (Å²) in [5, 5.41) is 0.681. The first kappa shape index (κ1) is 14.3. The number of halogens is 2. The van der Waals surface area contributed by atoms with Gasteiger partial charge in [-0.2, -0.15) is 0 Å². The smallest absolute Gasteiger partial charge is 0.253 e. The Bertz CT molecular complexity index is 387. The number of carbonyl (C=O) groups excluding carboxylic acids is 1. The SMILES string of the molecule is CCCN(CCCl)C(=O)c1ccc(Cl)c(C)c1. The maximum Gasteiger partial charge on any atom is 0.253 e. The molecule has 0 unspecified atom stereocenters. The first-order valence-corrected chi connectivity index (χ1v) is 6.62. The molecule has 1 aromatic rings. The zero-order valence-corrected chi connectivity index (χ0v) is 11.7. The highest BCUT2D eigenvalue weighted by atomic mass is 35.5. The molecule has 0 N–H and O–H groups in total. The Morgan fingerprint density at radius 1 is 1.35 bits per heavy atom. The zero-order valence-electron chi connectivity index (χ0n) is 10.2. The summed E-state index contributed by atoms with van der Waals surface area (Å²) >= 11 is 11.6. The number of rotatable bonds is 5. The summed E-state index contributed by atoms with van der Waals surface area (Å²) in [6.07, 6.45) is 0.926. The van der Waals surface area contributed by atoms with Crippen molar-refractivity contribution in [2.75, 3.05) is 19.0 Å². The van der Waals surface area contributed by atoms with Gasteiger partial charge in [-0.3, -0.25) is 4.79 Å². The van der Waals surface area contributed by atoms with Gasteiger partial charge in [0.05, 0.1) is 0 Å². The molecule has 0 bridgehead atoms. The molecule has 0 radical (unpaired) electrons. The van der Waals surface area contributed by atoms with Gasteiger partial charge in [0.1, 0.15) is 0 Å². The lowest BCUT2D eigenvalue weighted by molar-refractivity contribution is 0.0765. The van der Waals surface area contributed by atoms with Gasteiger partial charge in [0.2, 0.25) is 0 Å². The summed E-state index contributed by atoms with van der Waals surface area (Å²) in [5.41, 5.74) is 1.59. The molecule has 17 heavy (non-hydrogen) atoms. The molecule has 4 heteroatoms. The summed E-state index contributed by atoms with van der Waals surface area (Å²) in [6, 6.07) is 5.34. The monoisotopic (exact) mass is 273 g/mol. The number of alkyl halides is 1. The highest BCUT2D eigenvalue weighted by Gasteiger charge is 2.14. The number of nitrogens with zero attached hydrogens (tertiary/aromatic N) is 1. The molecule has 0 aliphatic carbocycles. The van der Waals surface area contributed by atoms with Gasteiger partial charge in [-0.15, -0.1) is 11.6 Å². The van der Waals surface area contributed by atoms with Crippen molar-refractivity contribution < 1.29 is 4.79 Å². The summed E-state index contributed by atoms with van der Waals surface area (Å²) < 4.78 is 0. The van der Waals surface area contributed by atoms with Gasteiger partial charge in [-0.05, 0) is 37.1 Å². The van der Waals surface area contributed by atoms with Crippen LogP contribution in [0, 0.1) is 6.92 Å². The van der Waals surface area contributed by atoms with Crippen LogP contribution in [0.4, 0.5) is 0 Å². The lowest BCUT2D eigenvalue weighted by Gasteiger charge is -2.21. The van der Waals surface area contributed by atoms with Crippen molar-refractivity contribution in [1.82, 2.24) is 4.90 Å². The van der Waals surface area contributed by atoms with Crippen LogP contribution in [0.2, 0.25) is 5.02 Å². The molecule has 0 spiro atoms. The highest BCUT2D eigenvalue weighted by molar-refractivity contribution is 6.31. The third kappa shape index (κ3) is 3.90. The molecule has 0 heterocycles. The molecular formula is C13H17Cl2NO. The van der Waals surface area contributed by atoms with E-state index >= 15 is 0 Å². The Balaban J connectivity index is 2.88. The predicted octanol–water partition coefficient (Wildman–Crippen LogP) is 3.74. The normalized spacial score (nSPS) is 10.4. The Morgan fingerprint density at radius 3 is 2.59 bits per heavy atom. The number of hydrogen-bond donors (Lipinski definition) is 0. The van der Waals surface area contributed by atoms with Gasteiger partial charge in [-0.1, -0.05) is 18.5 Å². The number of benzene rings is 1. The van der Waals surface area contributed by atoms with Crippen molar-refractivity contribution >= 4 is 29.1 Å². The van der Waals surface area contributed by atoms with Gasteiger partial charge in [-0.25, -0.2) is 0 Å². The first-order chi connectivity index (χ1) is 8.10. The molecular weight excluding hydrogens is 257 g/mol. The minimum atomic E-state index is 0.0206. The number of hydrogen-bond acceptors (Lipinski definition) is 1. The molecule has 1 aromatic carbocycles. The largest absolute Gasteiger partial charge is 0.337 e. The van der Waals surface area contributed by atoms with Crippen molar-refractivity contribution in [3.8, 4) is 0 Å². The summed E-state index contributed by atoms with van der Waals surface area (Å²) in [5.74, 6) is 0.477. The van der Waals surface area contributed by atoms with Crippen molar-refractivity contribution in [2.45, 2.75) is 20.3 Å². The minimum Gasteiger partial charge on any atom is -0.337 e. The van der Waals surface area contributed by atoms with Gasteiger partial charge < -0.3 is 4.90 Å². The van der Waals surface area contributed by atoms with Crippen LogP contribution < -0.4 is 0 Å². The van der Waals surface area contributed by atoms with E-state index in [4.69, 9.17) is 23.2 Å². The maximum absolute atomic E-state index is 12.2. The Hall–Kier alpha value is -0.730. The van der Waals surface area contributed by atoms with Crippen molar-refractivity contribution in [3.05, 3.63) is 34.3 Å². The Kier molecular flexibility index (Phi) is 5.79. The summed E-state index contributed by atoms with van der Waals surface area (Å²) in [7, 11) is 0. The third-order valence-corrected chi connectivity index (χ3v) is 3.13. The molecule has 0 saturated carbocycles. The van der Waals surface area contributed by atoms with Crippen molar-refractivity contribution in [1.29, 1.82) is 0 Å². The van der Waals surface area contributed by atoms with E-state index < -0.39 is 0 Å². The van der Waals surface area contributed by atoms with E-state index in [0.717, 1.165) is 18.5 Å². The van der Waals surface area contributed by atoms with Crippen molar-refractivity contribution in [3.63, 3.8) is 0 Å². The lowest BCUT2D eigenvalue weighted by Crippen LogP contribution is -2.33. The van der Waals surface area contributed by atoms with E-state index in [-0.39, 0.29) is 5.91 Å². The van der Waals surface area contributed by atoms with E-state index in [2.05, 4.69) is 0 Å². The maximum atomic E-state index is 12.2. The van der Waals surface area contributed by atoms with Crippen LogP contribution in [0.1, 0.15) is 29.3 Å². The van der Waals surface area contributed by atoms with E-state index in [1.165, 1.54) is 0 Å². The van der Waals surface area contributed by atoms with Crippen LogP contribution in [-0.4, -0.2) is 29.8 Å². The molecule has 94 valence electrons. The van der Waals surface area contributed by atoms with E-state index in [9.17, 15) is 4.79 Å². The molecule has 1 rings (SSSR count). The molecule has 0 aliphatic rings. The Morgan fingerprint density at radius 2 is 2.06 bits per heavy atom. The van der Waals surface area contributed by atoms with Crippen LogP contribution in [0.25, 0.3) is 0 Å². The van der Waals surface area contributed by atoms with Crippen molar-refractivity contribution in [2.24, 2.45) is 0 Å². The zero-order chi connectivity index (χ0) is 12.8. The molecule has 0 saturated heterocycles. The predicted molar refractivity (Wildman–Crippen MR) is 73.1 cm³/mol. The van der Waals surface area contributed by atoms with E-state index in [1.807, 2.05) is 19.9 Å². The highest BCUT2D eigenvalue weighted by Crippen LogP contribution is 2.17. The standard InChI is InChI=1S/C13H17Cl2NO/c1-3-7-16(8-6-14)13(17)11-4-5-12(15)10(2)9-11/h4-5,9H,3,6-8H2,1-2H3. The molecule has 0 atom stereocenters. The second kappa shape index (κ2) is 6.87. The molecule has 0 aromatic heterocycles. The third-order valence-electron chi connectivity index (χ3n) is 2.54. The Labute approximate surface area is 113 Å². The fourth-order valence-electron chi connectivity index (χ4n) is 1.65. The van der Waals surface area contributed by atoms with Gasteiger partial charge in [0.15, 0.2) is 0 Å². The fraction of sp³-hybridized carbons (Fsp3) is 0.462. The number of aryl methyl sites for hydroxylation is 1. The average Bonchev–Trinajstić information content (AvgIpc) is 2.31. The van der Waals surface area contributed by atoms with Crippen LogP contribution in [0.5, 0.6) is 0 Å². The topological polar surface area (TPSA) is 20.3 Å². The molecule has 0 fully saturated rings. The van der Waals surface area contributed by atoms with Gasteiger partial charge >= 0.3 is 0 Å². The average molecular weight is 274 g/mol. The second-order valence-corrected chi connectivity index (χ2v) is 4.73. The minimum absolute atomic E-state index is 0.0206. The first-order valence-electron chi connectivity index (χ1n) is 5.71. The van der Waals surface area contributed by atoms with E-state index in [0.29, 0.717) is 23.0 Å². The molecule has 0 aliphatic heterocycles. The van der Waals surface area contributed by atoms with Gasteiger partial charge in [0, 0.05) is 29.6 Å². The fourth-order valence-corrected chi connectivity index (χ4v) is 1.97. The van der Waals surface area contributed by atoms with Crippen LogP contribution in [0.15, 0.2) is 18.2 Å². The second-order valence-electron chi connectivity index (χ2n) is 3.95. The summed E-state index contributed by atoms with van der Waals surface area (Å²) in [6.45, 7) is 5.25. The quantitative estimate of drug-likeness (QED) is 0.749. The molecule has 2 nitrogen and oxygen atoms in total. The van der Waals surface area contributed by atoms with Crippen LogP contribution in [-0.2, 0) is 0 Å². The van der Waals surface area contributed by atoms with Gasteiger partial charge in [0.25, 0.3) is 5.91 Å². The molecule has 1 amide bonds. The number of amides is 1. The summed E-state index contributed by atoms with van der Waals surface area (Å²) in [4.78, 5) is 14.0. The van der Waals surface area contributed by atoms with Crippen LogP contribution >= 0.6 is 23.2 Å². The lowest BCUT2D eigenvalue weighted by atomic mass is 10.1. The van der Waals surface area contributed by atoms with E-state index in [1.54, 1.807) is 17.0 Å². The number of carbonyl (C=O) groups is 1. The van der Waals surface area contributed by atoms with Crippen LogP contribution in [0.3, 0.4) is 0 Å².